The largest absolute Gasteiger partial charge is 0.452 e. The number of rotatable bonds is 7. The van der Waals surface area contributed by atoms with Crippen molar-refractivity contribution in [1.82, 2.24) is 0 Å². The van der Waals surface area contributed by atoms with Gasteiger partial charge in [-0.1, -0.05) is 0 Å². The first-order chi connectivity index (χ1) is 10.3. The van der Waals surface area contributed by atoms with Crippen molar-refractivity contribution < 1.29 is 23.5 Å². The first-order valence-electron chi connectivity index (χ1n) is 6.46. The number of carbonyl (C=O) groups excluding carboxylic acids is 3. The lowest BCUT2D eigenvalue weighted by Crippen LogP contribution is -2.33. The molecule has 8 heteroatoms. The Hall–Kier alpha value is -2.09. The van der Waals surface area contributed by atoms with Crippen LogP contribution in [-0.2, 0) is 19.1 Å². The van der Waals surface area contributed by atoms with E-state index in [-0.39, 0.29) is 11.7 Å². The van der Waals surface area contributed by atoms with Crippen molar-refractivity contribution in [2.45, 2.75) is 25.2 Å². The lowest BCUT2D eigenvalue weighted by molar-refractivity contribution is -0.152. The summed E-state index contributed by atoms with van der Waals surface area (Å²) >= 11 is 1.06. The van der Waals surface area contributed by atoms with Crippen molar-refractivity contribution in [3.05, 3.63) is 30.1 Å². The highest BCUT2D eigenvalue weighted by molar-refractivity contribution is 8.01. The van der Waals surface area contributed by atoms with Gasteiger partial charge in [0.25, 0.3) is 5.91 Å². The van der Waals surface area contributed by atoms with E-state index in [0.717, 1.165) is 11.8 Å². The third-order valence-corrected chi connectivity index (χ3v) is 3.74. The summed E-state index contributed by atoms with van der Waals surface area (Å²) in [5, 5.41) is 1.95. The summed E-state index contributed by atoms with van der Waals surface area (Å²) in [6, 6.07) is 5.33. The summed E-state index contributed by atoms with van der Waals surface area (Å²) in [4.78, 5) is 34.1. The van der Waals surface area contributed by atoms with Gasteiger partial charge in [-0.3, -0.25) is 14.4 Å². The molecule has 0 heterocycles. The molecule has 0 aliphatic heterocycles. The van der Waals surface area contributed by atoms with E-state index in [2.05, 4.69) is 5.32 Å². The zero-order valence-corrected chi connectivity index (χ0v) is 13.0. The Morgan fingerprint density at radius 3 is 2.41 bits per heavy atom. The molecule has 2 amide bonds. The molecule has 0 spiro atoms. The van der Waals surface area contributed by atoms with Crippen molar-refractivity contribution in [3.63, 3.8) is 0 Å². The molecule has 3 N–H and O–H groups in total. The van der Waals surface area contributed by atoms with Crippen molar-refractivity contribution >= 4 is 35.2 Å². The first kappa shape index (κ1) is 18.0. The fraction of sp³-hybridized carbons (Fsp3) is 0.357. The van der Waals surface area contributed by atoms with Crippen LogP contribution in [0.1, 0.15) is 13.8 Å². The number of nitrogens with one attached hydrogen (secondary N) is 1. The van der Waals surface area contributed by atoms with Crippen molar-refractivity contribution in [3.8, 4) is 0 Å². The maximum Gasteiger partial charge on any atom is 0.319 e. The van der Waals surface area contributed by atoms with Gasteiger partial charge in [-0.25, -0.2) is 4.39 Å². The molecule has 0 saturated heterocycles. The number of benzene rings is 1. The molecule has 120 valence electrons. The van der Waals surface area contributed by atoms with Gasteiger partial charge in [0.15, 0.2) is 6.10 Å². The summed E-state index contributed by atoms with van der Waals surface area (Å²) < 4.78 is 17.6. The van der Waals surface area contributed by atoms with Crippen LogP contribution in [0.25, 0.3) is 0 Å². The average molecular weight is 328 g/mol. The number of thioether (sulfide) groups is 1. The summed E-state index contributed by atoms with van der Waals surface area (Å²) in [5.74, 6) is -2.07. The zero-order valence-electron chi connectivity index (χ0n) is 12.2. The van der Waals surface area contributed by atoms with Crippen LogP contribution < -0.4 is 11.1 Å². The van der Waals surface area contributed by atoms with Gasteiger partial charge in [-0.15, -0.1) is 11.8 Å². The quantitative estimate of drug-likeness (QED) is 0.735. The number of esters is 1. The molecule has 0 saturated carbocycles. The van der Waals surface area contributed by atoms with E-state index in [1.54, 1.807) is 6.92 Å². The number of primary amides is 1. The third-order valence-electron chi connectivity index (χ3n) is 2.62. The Morgan fingerprint density at radius 1 is 1.27 bits per heavy atom. The van der Waals surface area contributed by atoms with Gasteiger partial charge in [-0.05, 0) is 38.1 Å². The summed E-state index contributed by atoms with van der Waals surface area (Å²) in [7, 11) is 0. The van der Waals surface area contributed by atoms with Crippen LogP contribution in [0, 0.1) is 5.82 Å². The van der Waals surface area contributed by atoms with E-state index in [1.807, 2.05) is 0 Å². The summed E-state index contributed by atoms with van der Waals surface area (Å²) in [6.45, 7) is 2.94. The smallest absolute Gasteiger partial charge is 0.319 e. The Balaban J connectivity index is 2.38. The average Bonchev–Trinajstić information content (AvgIpc) is 2.46. The van der Waals surface area contributed by atoms with Gasteiger partial charge in [0.1, 0.15) is 11.1 Å². The predicted molar refractivity (Wildman–Crippen MR) is 81.7 cm³/mol. The van der Waals surface area contributed by atoms with E-state index >= 15 is 0 Å². The van der Waals surface area contributed by atoms with Gasteiger partial charge in [0.2, 0.25) is 5.91 Å². The minimum absolute atomic E-state index is 0.0125. The van der Waals surface area contributed by atoms with Crippen LogP contribution in [0.5, 0.6) is 0 Å². The number of halogens is 1. The highest BCUT2D eigenvalue weighted by atomic mass is 32.2. The van der Waals surface area contributed by atoms with Crippen LogP contribution in [0.15, 0.2) is 24.3 Å². The van der Waals surface area contributed by atoms with E-state index in [9.17, 15) is 18.8 Å². The topological polar surface area (TPSA) is 98.5 Å². The molecular formula is C14H17FN2O4S. The second-order valence-electron chi connectivity index (χ2n) is 4.49. The van der Waals surface area contributed by atoms with E-state index in [4.69, 9.17) is 10.5 Å². The molecule has 2 atom stereocenters. The van der Waals surface area contributed by atoms with E-state index in [1.165, 1.54) is 31.2 Å². The number of hydrogen-bond donors (Lipinski definition) is 2. The lowest BCUT2D eigenvalue weighted by Gasteiger charge is -2.14. The molecule has 1 aromatic carbocycles. The normalized spacial score (nSPS) is 13.0. The molecule has 0 aromatic heterocycles. The Morgan fingerprint density at radius 2 is 1.86 bits per heavy atom. The second kappa shape index (κ2) is 8.38. The monoisotopic (exact) mass is 328 g/mol. The molecule has 0 fully saturated rings. The number of anilines is 1. The maximum absolute atomic E-state index is 12.7. The fourth-order valence-corrected chi connectivity index (χ4v) is 1.99. The van der Waals surface area contributed by atoms with Crippen molar-refractivity contribution in [2.75, 3.05) is 11.1 Å². The number of carbonyl (C=O) groups is 3. The van der Waals surface area contributed by atoms with E-state index < -0.39 is 29.0 Å². The van der Waals surface area contributed by atoms with Crippen LogP contribution in [0.2, 0.25) is 0 Å². The molecule has 1 aromatic rings. The summed E-state index contributed by atoms with van der Waals surface area (Å²) in [5.41, 5.74) is 5.45. The van der Waals surface area contributed by atoms with Gasteiger partial charge >= 0.3 is 5.97 Å². The fourth-order valence-electron chi connectivity index (χ4n) is 1.33. The third kappa shape index (κ3) is 6.13. The molecule has 0 aliphatic rings. The predicted octanol–water partition coefficient (Wildman–Crippen LogP) is 1.30. The number of amides is 2. The van der Waals surface area contributed by atoms with Crippen molar-refractivity contribution in [2.24, 2.45) is 5.73 Å². The highest BCUT2D eigenvalue weighted by Gasteiger charge is 2.21. The lowest BCUT2D eigenvalue weighted by atomic mass is 10.3. The maximum atomic E-state index is 12.7. The molecule has 22 heavy (non-hydrogen) atoms. The number of nitrogens with two attached hydrogens (primary N) is 1. The van der Waals surface area contributed by atoms with Crippen molar-refractivity contribution in [1.29, 1.82) is 0 Å². The van der Waals surface area contributed by atoms with Gasteiger partial charge in [0, 0.05) is 5.69 Å². The number of ether oxygens (including phenoxy) is 1. The molecule has 1 rings (SSSR count). The Labute approximate surface area is 131 Å². The van der Waals surface area contributed by atoms with Crippen LogP contribution in [0.3, 0.4) is 0 Å². The zero-order chi connectivity index (χ0) is 16.7. The second-order valence-corrected chi connectivity index (χ2v) is 5.82. The Kier molecular flexibility index (Phi) is 6.84. The molecule has 0 unspecified atom stereocenters. The molecule has 0 bridgehead atoms. The minimum atomic E-state index is -1.01. The van der Waals surface area contributed by atoms with Gasteiger partial charge < -0.3 is 15.8 Å². The molecule has 0 radical (unpaired) electrons. The van der Waals surface area contributed by atoms with E-state index in [0.29, 0.717) is 5.69 Å². The van der Waals surface area contributed by atoms with Crippen LogP contribution >= 0.6 is 11.8 Å². The molecule has 6 nitrogen and oxygen atoms in total. The van der Waals surface area contributed by atoms with Gasteiger partial charge in [-0.2, -0.15) is 0 Å². The highest BCUT2D eigenvalue weighted by Crippen LogP contribution is 2.14. The number of hydrogen-bond acceptors (Lipinski definition) is 5. The molecular weight excluding hydrogens is 311 g/mol. The van der Waals surface area contributed by atoms with Crippen LogP contribution in [0.4, 0.5) is 10.1 Å². The Bertz CT molecular complexity index is 550. The minimum Gasteiger partial charge on any atom is -0.452 e. The van der Waals surface area contributed by atoms with Gasteiger partial charge in [0.05, 0.1) is 5.75 Å². The summed E-state index contributed by atoms with van der Waals surface area (Å²) in [6.07, 6.45) is -1.01. The van der Waals surface area contributed by atoms with Crippen LogP contribution in [-0.4, -0.2) is 34.9 Å². The first-order valence-corrected chi connectivity index (χ1v) is 7.51. The molecule has 0 aliphatic carbocycles. The standard InChI is InChI=1S/C14H17FN2O4S/c1-8(13(16)19)21-14(20)9(2)22-7-12(18)17-11-5-3-10(15)4-6-11/h3-6,8-9H,7H2,1-2H3,(H2,16,19)(H,17,18)/t8-,9+/m1/s1. The SMILES string of the molecule is C[C@H](SCC(=O)Nc1ccc(F)cc1)C(=O)O[C@H](C)C(N)=O.